The quantitative estimate of drug-likeness (QED) is 0.708. The highest BCUT2D eigenvalue weighted by molar-refractivity contribution is 8.00. The van der Waals surface area contributed by atoms with Crippen LogP contribution in [-0.2, 0) is 0 Å². The van der Waals surface area contributed by atoms with Crippen molar-refractivity contribution < 1.29 is 8.78 Å². The van der Waals surface area contributed by atoms with Gasteiger partial charge in [-0.3, -0.25) is 0 Å². The first-order valence-corrected chi connectivity index (χ1v) is 6.05. The normalized spacial score (nSPS) is 10.8. The lowest BCUT2D eigenvalue weighted by atomic mass is 10.1. The van der Waals surface area contributed by atoms with Crippen molar-refractivity contribution in [2.24, 2.45) is 0 Å². The van der Waals surface area contributed by atoms with Gasteiger partial charge >= 0.3 is 0 Å². The maximum atomic E-state index is 12.9. The molecule has 0 atom stereocenters. The molecular formula is C13H14F2S. The summed E-state index contributed by atoms with van der Waals surface area (Å²) in [6.45, 7) is 6.08. The van der Waals surface area contributed by atoms with E-state index in [1.165, 1.54) is 6.07 Å². The molecule has 0 radical (unpaired) electrons. The molecule has 86 valence electrons. The van der Waals surface area contributed by atoms with Crippen LogP contribution in [0.5, 0.6) is 0 Å². The summed E-state index contributed by atoms with van der Waals surface area (Å²) in [7, 11) is 0. The molecule has 0 nitrogen and oxygen atoms in total. The van der Waals surface area contributed by atoms with Crippen LogP contribution in [0.3, 0.4) is 0 Å². The summed E-state index contributed by atoms with van der Waals surface area (Å²) in [5, 5.41) is 0. The maximum Gasteiger partial charge on any atom is 0.160 e. The third-order valence-corrected chi connectivity index (χ3v) is 3.05. The van der Waals surface area contributed by atoms with Crippen molar-refractivity contribution in [3.63, 3.8) is 0 Å². The van der Waals surface area contributed by atoms with Gasteiger partial charge in [-0.25, -0.2) is 8.78 Å². The zero-order valence-corrected chi connectivity index (χ0v) is 10.4. The van der Waals surface area contributed by atoms with Crippen molar-refractivity contribution in [2.45, 2.75) is 25.5 Å². The smallest absolute Gasteiger partial charge is 0.160 e. The highest BCUT2D eigenvalue weighted by Gasteiger charge is 2.12. The van der Waals surface area contributed by atoms with E-state index >= 15 is 0 Å². The predicted octanol–water partition coefficient (Wildman–Crippen LogP) is 3.85. The minimum atomic E-state index is -0.854. The molecule has 0 heterocycles. The fourth-order valence-electron chi connectivity index (χ4n) is 1.19. The van der Waals surface area contributed by atoms with Gasteiger partial charge in [0.1, 0.15) is 0 Å². The summed E-state index contributed by atoms with van der Waals surface area (Å²) in [4.78, 5) is 0. The van der Waals surface area contributed by atoms with Gasteiger partial charge in [0.05, 0.1) is 4.75 Å². The zero-order chi connectivity index (χ0) is 12.2. The lowest BCUT2D eigenvalue weighted by Gasteiger charge is -2.14. The minimum absolute atomic E-state index is 0.167. The van der Waals surface area contributed by atoms with Gasteiger partial charge in [0, 0.05) is 5.56 Å². The molecule has 0 aliphatic rings. The molecule has 0 aliphatic heterocycles. The van der Waals surface area contributed by atoms with Gasteiger partial charge in [-0.1, -0.05) is 18.8 Å². The minimum Gasteiger partial charge on any atom is -0.204 e. The number of rotatable bonds is 2. The Labute approximate surface area is 99.4 Å². The first-order chi connectivity index (χ1) is 7.44. The lowest BCUT2D eigenvalue weighted by Crippen LogP contribution is -2.11. The first kappa shape index (κ1) is 13.1. The Kier molecular flexibility index (Phi) is 4.37. The number of benzene rings is 1. The fourth-order valence-corrected chi connectivity index (χ4v) is 2.04. The monoisotopic (exact) mass is 240 g/mol. The van der Waals surface area contributed by atoms with Gasteiger partial charge < -0.3 is 0 Å². The van der Waals surface area contributed by atoms with Crippen molar-refractivity contribution in [3.05, 3.63) is 35.4 Å². The Hall–Kier alpha value is -1.01. The van der Waals surface area contributed by atoms with Crippen molar-refractivity contribution >= 4 is 11.8 Å². The van der Waals surface area contributed by atoms with Gasteiger partial charge in [0.2, 0.25) is 0 Å². The van der Waals surface area contributed by atoms with E-state index in [1.807, 2.05) is 13.8 Å². The molecule has 0 fully saturated rings. The molecule has 16 heavy (non-hydrogen) atoms. The van der Waals surface area contributed by atoms with Gasteiger partial charge in [0.15, 0.2) is 11.6 Å². The van der Waals surface area contributed by atoms with Gasteiger partial charge in [-0.15, -0.1) is 11.8 Å². The van der Waals surface area contributed by atoms with E-state index in [9.17, 15) is 8.78 Å². The van der Waals surface area contributed by atoms with Crippen LogP contribution in [0, 0.1) is 23.5 Å². The Morgan fingerprint density at radius 2 is 1.94 bits per heavy atom. The van der Waals surface area contributed by atoms with E-state index in [-0.39, 0.29) is 4.75 Å². The Morgan fingerprint density at radius 3 is 2.50 bits per heavy atom. The molecule has 0 saturated carbocycles. The second-order valence-electron chi connectivity index (χ2n) is 3.82. The molecule has 1 aromatic rings. The standard InChI is InChI=1S/C13H14F2S/c1-4-16-13(2,3)8-7-10-5-6-11(14)12(15)9-10/h5-6,9H,4H2,1-3H3. The van der Waals surface area contributed by atoms with Crippen LogP contribution in [0.25, 0.3) is 0 Å². The van der Waals surface area contributed by atoms with Gasteiger partial charge in [-0.05, 0) is 37.8 Å². The summed E-state index contributed by atoms with van der Waals surface area (Å²) < 4.78 is 25.4. The van der Waals surface area contributed by atoms with Gasteiger partial charge in [-0.2, -0.15) is 0 Å². The molecule has 0 spiro atoms. The third-order valence-electron chi connectivity index (χ3n) is 1.93. The fraction of sp³-hybridized carbons (Fsp3) is 0.385. The molecule has 1 aromatic carbocycles. The molecule has 1 rings (SSSR count). The summed E-state index contributed by atoms with van der Waals surface area (Å²) >= 11 is 1.72. The van der Waals surface area contributed by atoms with Crippen molar-refractivity contribution in [1.29, 1.82) is 0 Å². The number of hydrogen-bond acceptors (Lipinski definition) is 1. The molecule has 0 aliphatic carbocycles. The summed E-state index contributed by atoms with van der Waals surface area (Å²) in [5.41, 5.74) is 0.503. The van der Waals surface area contributed by atoms with Crippen LogP contribution < -0.4 is 0 Å². The van der Waals surface area contributed by atoms with Crippen molar-refractivity contribution in [3.8, 4) is 11.8 Å². The van der Waals surface area contributed by atoms with Crippen molar-refractivity contribution in [2.75, 3.05) is 5.75 Å². The van der Waals surface area contributed by atoms with E-state index in [2.05, 4.69) is 18.8 Å². The largest absolute Gasteiger partial charge is 0.204 e. The molecule has 0 N–H and O–H groups in total. The first-order valence-electron chi connectivity index (χ1n) is 5.07. The SMILES string of the molecule is CCSC(C)(C)C#Cc1ccc(F)c(F)c1. The van der Waals surface area contributed by atoms with Crippen molar-refractivity contribution in [1.82, 2.24) is 0 Å². The molecule has 0 bridgehead atoms. The average molecular weight is 240 g/mol. The van der Waals surface area contributed by atoms with E-state index in [0.717, 1.165) is 17.9 Å². The van der Waals surface area contributed by atoms with E-state index in [4.69, 9.17) is 0 Å². The van der Waals surface area contributed by atoms with Crippen LogP contribution in [0.15, 0.2) is 18.2 Å². The van der Waals surface area contributed by atoms with Crippen LogP contribution in [-0.4, -0.2) is 10.5 Å². The molecule has 3 heteroatoms. The van der Waals surface area contributed by atoms with Crippen LogP contribution in [0.1, 0.15) is 26.3 Å². The van der Waals surface area contributed by atoms with E-state index in [0.29, 0.717) is 5.56 Å². The highest BCUT2D eigenvalue weighted by atomic mass is 32.2. The van der Waals surface area contributed by atoms with E-state index in [1.54, 1.807) is 11.8 Å². The lowest BCUT2D eigenvalue weighted by molar-refractivity contribution is 0.508. The highest BCUT2D eigenvalue weighted by Crippen LogP contribution is 2.22. The molecule has 0 unspecified atom stereocenters. The molecule has 0 amide bonds. The van der Waals surface area contributed by atoms with Gasteiger partial charge in [0.25, 0.3) is 0 Å². The summed E-state index contributed by atoms with van der Waals surface area (Å²) in [6, 6.07) is 3.70. The number of halogens is 2. The Balaban J connectivity index is 2.88. The Bertz CT molecular complexity index is 427. The van der Waals surface area contributed by atoms with E-state index < -0.39 is 11.6 Å². The topological polar surface area (TPSA) is 0 Å². The second kappa shape index (κ2) is 5.36. The third kappa shape index (κ3) is 3.86. The Morgan fingerprint density at radius 1 is 1.25 bits per heavy atom. The molecule has 0 aromatic heterocycles. The zero-order valence-electron chi connectivity index (χ0n) is 9.60. The van der Waals surface area contributed by atoms with Crippen LogP contribution in [0.4, 0.5) is 8.78 Å². The number of hydrogen-bond donors (Lipinski definition) is 0. The second-order valence-corrected chi connectivity index (χ2v) is 5.71. The number of thioether (sulfide) groups is 1. The maximum absolute atomic E-state index is 12.9. The molecule has 0 saturated heterocycles. The molecular weight excluding hydrogens is 226 g/mol. The summed E-state index contributed by atoms with van der Waals surface area (Å²) in [6.07, 6.45) is 0. The van der Waals surface area contributed by atoms with Crippen LogP contribution >= 0.6 is 11.8 Å². The van der Waals surface area contributed by atoms with Crippen LogP contribution in [0.2, 0.25) is 0 Å². The predicted molar refractivity (Wildman–Crippen MR) is 65.4 cm³/mol. The summed E-state index contributed by atoms with van der Waals surface area (Å²) in [5.74, 6) is 5.18. The average Bonchev–Trinajstić information content (AvgIpc) is 2.20.